The van der Waals surface area contributed by atoms with Crippen LogP contribution in [-0.4, -0.2) is 41.4 Å². The molecule has 4 heteroatoms. The summed E-state index contributed by atoms with van der Waals surface area (Å²) in [5, 5.41) is 0.764. The molecule has 0 heterocycles. The van der Waals surface area contributed by atoms with Crippen molar-refractivity contribution in [3.8, 4) is 0 Å². The zero-order chi connectivity index (χ0) is 12.0. The summed E-state index contributed by atoms with van der Waals surface area (Å²) >= 11 is 2.03. The number of nitrogens with two attached hydrogens (primary N) is 1. The number of thioether (sulfide) groups is 1. The Morgan fingerprint density at radius 2 is 2.25 bits per heavy atom. The molecule has 1 saturated carbocycles. The van der Waals surface area contributed by atoms with Gasteiger partial charge >= 0.3 is 0 Å². The largest absolute Gasteiger partial charge is 0.343 e. The van der Waals surface area contributed by atoms with E-state index in [-0.39, 0.29) is 5.91 Å². The predicted molar refractivity (Wildman–Crippen MR) is 70.6 cm³/mol. The number of nitrogens with zero attached hydrogens (tertiary/aromatic N) is 1. The molecule has 1 fully saturated rings. The van der Waals surface area contributed by atoms with E-state index in [4.69, 9.17) is 5.73 Å². The third kappa shape index (κ3) is 3.98. The number of amides is 1. The summed E-state index contributed by atoms with van der Waals surface area (Å²) in [5.74, 6) is 1.44. The van der Waals surface area contributed by atoms with Crippen LogP contribution in [0.25, 0.3) is 0 Å². The van der Waals surface area contributed by atoms with Gasteiger partial charge in [-0.3, -0.25) is 4.79 Å². The van der Waals surface area contributed by atoms with Gasteiger partial charge in [0.25, 0.3) is 0 Å². The van der Waals surface area contributed by atoms with Crippen LogP contribution in [0.3, 0.4) is 0 Å². The second-order valence-corrected chi connectivity index (χ2v) is 6.02. The van der Waals surface area contributed by atoms with E-state index in [0.29, 0.717) is 19.0 Å². The number of carbonyl (C=O) groups excluding carboxylic acids is 1. The van der Waals surface area contributed by atoms with E-state index < -0.39 is 0 Å². The van der Waals surface area contributed by atoms with Crippen molar-refractivity contribution in [3.05, 3.63) is 0 Å². The van der Waals surface area contributed by atoms with Crippen LogP contribution in [0.1, 0.15) is 39.0 Å². The first kappa shape index (κ1) is 13.8. The quantitative estimate of drug-likeness (QED) is 0.776. The third-order valence-corrected chi connectivity index (χ3v) is 4.53. The fraction of sp³-hybridized carbons (Fsp3) is 0.917. The first-order valence-corrected chi connectivity index (χ1v) is 7.31. The lowest BCUT2D eigenvalue weighted by Gasteiger charge is -2.24. The van der Waals surface area contributed by atoms with Crippen molar-refractivity contribution in [2.75, 3.05) is 19.3 Å². The lowest BCUT2D eigenvalue weighted by atomic mass is 10.2. The Morgan fingerprint density at radius 1 is 1.50 bits per heavy atom. The van der Waals surface area contributed by atoms with Gasteiger partial charge in [-0.25, -0.2) is 0 Å². The zero-order valence-corrected chi connectivity index (χ0v) is 11.3. The molecule has 2 atom stereocenters. The summed E-state index contributed by atoms with van der Waals surface area (Å²) in [6.07, 6.45) is 5.02. The number of carbonyl (C=O) groups is 1. The summed E-state index contributed by atoms with van der Waals surface area (Å²) < 4.78 is 0. The van der Waals surface area contributed by atoms with Gasteiger partial charge in [0.2, 0.25) is 5.91 Å². The van der Waals surface area contributed by atoms with Crippen molar-refractivity contribution in [1.29, 1.82) is 0 Å². The molecular weight excluding hydrogens is 220 g/mol. The molecule has 0 aromatic carbocycles. The number of rotatable bonds is 6. The highest BCUT2D eigenvalue weighted by molar-refractivity contribution is 7.99. The van der Waals surface area contributed by atoms with E-state index in [2.05, 4.69) is 6.92 Å². The molecule has 1 aliphatic rings. The van der Waals surface area contributed by atoms with Crippen molar-refractivity contribution in [2.24, 2.45) is 5.73 Å². The molecule has 0 unspecified atom stereocenters. The minimum atomic E-state index is 0.262. The van der Waals surface area contributed by atoms with Crippen molar-refractivity contribution in [2.45, 2.75) is 50.3 Å². The highest BCUT2D eigenvalue weighted by atomic mass is 32.2. The molecule has 1 aliphatic carbocycles. The van der Waals surface area contributed by atoms with Crippen LogP contribution in [-0.2, 0) is 4.79 Å². The molecule has 0 spiro atoms. The first-order chi connectivity index (χ1) is 7.69. The van der Waals surface area contributed by atoms with Crippen molar-refractivity contribution < 1.29 is 4.79 Å². The maximum absolute atomic E-state index is 11.8. The number of hydrogen-bond acceptors (Lipinski definition) is 3. The molecule has 0 saturated heterocycles. The summed E-state index contributed by atoms with van der Waals surface area (Å²) in [7, 11) is 1.95. The second-order valence-electron chi connectivity index (χ2n) is 4.44. The Labute approximate surface area is 103 Å². The SMILES string of the molecule is CCS[C@H]1CC[C@H](N(C)C(=O)CCCN)C1. The standard InChI is InChI=1S/C12H24N2OS/c1-3-16-11-7-6-10(9-11)14(2)12(15)5-4-8-13/h10-11H,3-9,13H2,1-2H3/t10-,11-/m0/s1. The molecule has 94 valence electrons. The van der Waals surface area contributed by atoms with Crippen LogP contribution in [0.5, 0.6) is 0 Å². The molecule has 0 bridgehead atoms. The fourth-order valence-corrected chi connectivity index (χ4v) is 3.42. The zero-order valence-electron chi connectivity index (χ0n) is 10.4. The van der Waals surface area contributed by atoms with Crippen LogP contribution in [0, 0.1) is 0 Å². The van der Waals surface area contributed by atoms with Gasteiger partial charge in [0.15, 0.2) is 0 Å². The van der Waals surface area contributed by atoms with E-state index >= 15 is 0 Å². The highest BCUT2D eigenvalue weighted by Gasteiger charge is 2.29. The number of hydrogen-bond donors (Lipinski definition) is 1. The fourth-order valence-electron chi connectivity index (χ4n) is 2.29. The summed E-state index contributed by atoms with van der Waals surface area (Å²) in [6, 6.07) is 0.467. The van der Waals surface area contributed by atoms with Crippen LogP contribution in [0.4, 0.5) is 0 Å². The van der Waals surface area contributed by atoms with Crippen molar-refractivity contribution in [3.63, 3.8) is 0 Å². The topological polar surface area (TPSA) is 46.3 Å². The maximum atomic E-state index is 11.8. The van der Waals surface area contributed by atoms with Gasteiger partial charge in [-0.2, -0.15) is 11.8 Å². The van der Waals surface area contributed by atoms with Gasteiger partial charge < -0.3 is 10.6 Å². The molecule has 0 aliphatic heterocycles. The molecule has 0 aromatic heterocycles. The van der Waals surface area contributed by atoms with Crippen LogP contribution >= 0.6 is 11.8 Å². The van der Waals surface area contributed by atoms with Crippen LogP contribution < -0.4 is 5.73 Å². The van der Waals surface area contributed by atoms with Gasteiger partial charge in [0, 0.05) is 24.8 Å². The van der Waals surface area contributed by atoms with Gasteiger partial charge in [-0.05, 0) is 38.0 Å². The van der Waals surface area contributed by atoms with E-state index in [1.807, 2.05) is 23.7 Å². The summed E-state index contributed by atoms with van der Waals surface area (Å²) in [6.45, 7) is 2.81. The molecular formula is C12H24N2OS. The Balaban J connectivity index is 2.32. The van der Waals surface area contributed by atoms with Crippen LogP contribution in [0.2, 0.25) is 0 Å². The Kier molecular flexibility index (Phi) is 6.21. The van der Waals surface area contributed by atoms with Crippen LogP contribution in [0.15, 0.2) is 0 Å². The van der Waals surface area contributed by atoms with E-state index in [0.717, 1.165) is 11.7 Å². The van der Waals surface area contributed by atoms with Gasteiger partial charge in [-0.1, -0.05) is 6.92 Å². The average molecular weight is 244 g/mol. The average Bonchev–Trinajstić information content (AvgIpc) is 2.74. The van der Waals surface area contributed by atoms with Gasteiger partial charge in [0.1, 0.15) is 0 Å². The summed E-state index contributed by atoms with van der Waals surface area (Å²) in [5.41, 5.74) is 5.42. The minimum Gasteiger partial charge on any atom is -0.343 e. The highest BCUT2D eigenvalue weighted by Crippen LogP contribution is 2.32. The predicted octanol–water partition coefficient (Wildman–Crippen LogP) is 1.86. The van der Waals surface area contributed by atoms with Gasteiger partial charge in [0.05, 0.1) is 0 Å². The van der Waals surface area contributed by atoms with Crippen molar-refractivity contribution in [1.82, 2.24) is 4.90 Å². The van der Waals surface area contributed by atoms with E-state index in [1.165, 1.54) is 25.0 Å². The monoisotopic (exact) mass is 244 g/mol. The molecule has 0 aromatic rings. The normalized spacial score (nSPS) is 24.7. The lowest BCUT2D eigenvalue weighted by molar-refractivity contribution is -0.131. The molecule has 1 rings (SSSR count). The molecule has 1 amide bonds. The smallest absolute Gasteiger partial charge is 0.222 e. The second kappa shape index (κ2) is 7.17. The molecule has 2 N–H and O–H groups in total. The Hall–Kier alpha value is -0.220. The molecule has 16 heavy (non-hydrogen) atoms. The van der Waals surface area contributed by atoms with E-state index in [1.54, 1.807) is 0 Å². The first-order valence-electron chi connectivity index (χ1n) is 6.26. The summed E-state index contributed by atoms with van der Waals surface area (Å²) in [4.78, 5) is 13.8. The maximum Gasteiger partial charge on any atom is 0.222 e. The minimum absolute atomic E-state index is 0.262. The Morgan fingerprint density at radius 3 is 2.88 bits per heavy atom. The van der Waals surface area contributed by atoms with Crippen molar-refractivity contribution >= 4 is 17.7 Å². The van der Waals surface area contributed by atoms with Gasteiger partial charge in [-0.15, -0.1) is 0 Å². The third-order valence-electron chi connectivity index (χ3n) is 3.30. The Bertz CT molecular complexity index is 223. The van der Waals surface area contributed by atoms with E-state index in [9.17, 15) is 4.79 Å². The molecule has 3 nitrogen and oxygen atoms in total. The molecule has 0 radical (unpaired) electrons. The lowest BCUT2D eigenvalue weighted by Crippen LogP contribution is -2.35.